The van der Waals surface area contributed by atoms with E-state index in [9.17, 15) is 13.2 Å². The van der Waals surface area contributed by atoms with Crippen LogP contribution in [-0.4, -0.2) is 20.9 Å². The number of amides is 1. The predicted octanol–water partition coefficient (Wildman–Crippen LogP) is 4.17. The highest BCUT2D eigenvalue weighted by molar-refractivity contribution is 7.92. The summed E-state index contributed by atoms with van der Waals surface area (Å²) in [5.74, 6) is -0.472. The number of benzene rings is 3. The summed E-state index contributed by atoms with van der Waals surface area (Å²) in [5, 5.41) is 2.94. The van der Waals surface area contributed by atoms with Gasteiger partial charge in [0.05, 0.1) is 15.6 Å². The van der Waals surface area contributed by atoms with E-state index < -0.39 is 22.5 Å². The van der Waals surface area contributed by atoms with E-state index in [1.54, 1.807) is 66.7 Å². The first-order valence-corrected chi connectivity index (χ1v) is 9.97. The number of sulfonamides is 1. The number of nitrogens with one attached hydrogen (secondary N) is 1. The molecule has 0 aromatic heterocycles. The zero-order valence-corrected chi connectivity index (χ0v) is 15.8. The first kappa shape index (κ1) is 18.9. The Kier molecular flexibility index (Phi) is 5.78. The normalized spacial score (nSPS) is 11.0. The Morgan fingerprint density at radius 3 is 2.04 bits per heavy atom. The van der Waals surface area contributed by atoms with Crippen LogP contribution < -0.4 is 9.62 Å². The van der Waals surface area contributed by atoms with Crippen molar-refractivity contribution in [3.8, 4) is 0 Å². The molecule has 0 atom stereocenters. The summed E-state index contributed by atoms with van der Waals surface area (Å²) < 4.78 is 27.3. The number of rotatable bonds is 6. The quantitative estimate of drug-likeness (QED) is 0.675. The van der Waals surface area contributed by atoms with E-state index >= 15 is 0 Å². The van der Waals surface area contributed by atoms with E-state index in [0.717, 1.165) is 4.31 Å². The lowest BCUT2D eigenvalue weighted by molar-refractivity contribution is -0.114. The third-order valence-electron chi connectivity index (χ3n) is 3.80. The second kappa shape index (κ2) is 8.24. The van der Waals surface area contributed by atoms with Gasteiger partial charge in [-0.1, -0.05) is 60.1 Å². The zero-order valence-electron chi connectivity index (χ0n) is 14.2. The number of carbonyl (C=O) groups is 1. The molecule has 5 nitrogen and oxygen atoms in total. The summed E-state index contributed by atoms with van der Waals surface area (Å²) in [7, 11) is -3.98. The Morgan fingerprint density at radius 2 is 1.41 bits per heavy atom. The summed E-state index contributed by atoms with van der Waals surface area (Å²) >= 11 is 6.22. The molecule has 1 amide bonds. The molecule has 0 heterocycles. The molecule has 1 N–H and O–H groups in total. The average Bonchev–Trinajstić information content (AvgIpc) is 2.68. The molecular weight excluding hydrogens is 384 g/mol. The fourth-order valence-electron chi connectivity index (χ4n) is 2.53. The van der Waals surface area contributed by atoms with Gasteiger partial charge in [-0.2, -0.15) is 0 Å². The van der Waals surface area contributed by atoms with Gasteiger partial charge in [0.15, 0.2) is 0 Å². The van der Waals surface area contributed by atoms with Crippen LogP contribution in [0, 0.1) is 0 Å². The van der Waals surface area contributed by atoms with Crippen LogP contribution in [-0.2, 0) is 14.8 Å². The van der Waals surface area contributed by atoms with E-state index in [0.29, 0.717) is 5.69 Å². The zero-order chi connectivity index (χ0) is 19.3. The second-order valence-corrected chi connectivity index (χ2v) is 7.96. The van der Waals surface area contributed by atoms with Gasteiger partial charge < -0.3 is 5.32 Å². The van der Waals surface area contributed by atoms with Crippen LogP contribution in [0.1, 0.15) is 0 Å². The van der Waals surface area contributed by atoms with Crippen molar-refractivity contribution in [1.29, 1.82) is 0 Å². The monoisotopic (exact) mass is 400 g/mol. The molecule has 7 heteroatoms. The van der Waals surface area contributed by atoms with Crippen LogP contribution in [0.4, 0.5) is 11.4 Å². The van der Waals surface area contributed by atoms with Crippen molar-refractivity contribution >= 4 is 38.9 Å². The maximum atomic E-state index is 13.2. The van der Waals surface area contributed by atoms with Gasteiger partial charge in [-0.3, -0.25) is 9.10 Å². The van der Waals surface area contributed by atoms with Gasteiger partial charge in [0.2, 0.25) is 5.91 Å². The minimum absolute atomic E-state index is 0.0810. The van der Waals surface area contributed by atoms with Crippen LogP contribution in [0.5, 0.6) is 0 Å². The van der Waals surface area contributed by atoms with Gasteiger partial charge in [-0.15, -0.1) is 0 Å². The van der Waals surface area contributed by atoms with E-state index in [1.165, 1.54) is 12.1 Å². The molecule has 27 heavy (non-hydrogen) atoms. The molecule has 0 saturated carbocycles. The van der Waals surface area contributed by atoms with Crippen molar-refractivity contribution in [2.45, 2.75) is 4.90 Å². The Hall–Kier alpha value is -2.83. The van der Waals surface area contributed by atoms with Crippen molar-refractivity contribution in [2.75, 3.05) is 16.2 Å². The molecular formula is C20H17ClN2O3S. The third-order valence-corrected chi connectivity index (χ3v) is 5.89. The summed E-state index contributed by atoms with van der Waals surface area (Å²) in [4.78, 5) is 12.6. The summed E-state index contributed by atoms with van der Waals surface area (Å²) in [6, 6.07) is 23.3. The summed E-state index contributed by atoms with van der Waals surface area (Å²) in [5.41, 5.74) is 0.824. The Labute approximate surface area is 163 Å². The van der Waals surface area contributed by atoms with Crippen molar-refractivity contribution in [3.63, 3.8) is 0 Å². The number of hydrogen-bond acceptors (Lipinski definition) is 3. The number of anilines is 2. The molecule has 3 aromatic rings. The lowest BCUT2D eigenvalue weighted by Gasteiger charge is -2.25. The Morgan fingerprint density at radius 1 is 0.852 bits per heavy atom. The number of carbonyl (C=O) groups excluding carboxylic acids is 1. The largest absolute Gasteiger partial charge is 0.325 e. The lowest BCUT2D eigenvalue weighted by Crippen LogP contribution is -2.38. The van der Waals surface area contributed by atoms with Crippen molar-refractivity contribution < 1.29 is 13.2 Å². The molecule has 3 aromatic carbocycles. The average molecular weight is 401 g/mol. The SMILES string of the molecule is O=C(CN(c1ccccc1Cl)S(=O)(=O)c1ccccc1)Nc1ccccc1. The van der Waals surface area contributed by atoms with Crippen LogP contribution in [0.3, 0.4) is 0 Å². The number of hydrogen-bond donors (Lipinski definition) is 1. The number of halogens is 1. The van der Waals surface area contributed by atoms with Crippen molar-refractivity contribution in [3.05, 3.63) is 90.0 Å². The van der Waals surface area contributed by atoms with Gasteiger partial charge in [0.25, 0.3) is 10.0 Å². The minimum atomic E-state index is -3.98. The fourth-order valence-corrected chi connectivity index (χ4v) is 4.27. The first-order valence-electron chi connectivity index (χ1n) is 8.16. The maximum absolute atomic E-state index is 13.2. The van der Waals surface area contributed by atoms with E-state index in [1.807, 2.05) is 6.07 Å². The molecule has 0 fully saturated rings. The molecule has 0 radical (unpaired) electrons. The Balaban J connectivity index is 1.96. The summed E-state index contributed by atoms with van der Waals surface area (Å²) in [6.07, 6.45) is 0. The maximum Gasteiger partial charge on any atom is 0.264 e. The molecule has 0 aliphatic rings. The van der Waals surface area contributed by atoms with Crippen LogP contribution in [0.25, 0.3) is 0 Å². The minimum Gasteiger partial charge on any atom is -0.325 e. The molecule has 138 valence electrons. The van der Waals surface area contributed by atoms with Gasteiger partial charge in [0.1, 0.15) is 6.54 Å². The van der Waals surface area contributed by atoms with Gasteiger partial charge in [-0.25, -0.2) is 8.42 Å². The topological polar surface area (TPSA) is 66.5 Å². The highest BCUT2D eigenvalue weighted by atomic mass is 35.5. The fraction of sp³-hybridized carbons (Fsp3) is 0.0500. The van der Waals surface area contributed by atoms with Crippen LogP contribution in [0.2, 0.25) is 5.02 Å². The predicted molar refractivity (Wildman–Crippen MR) is 107 cm³/mol. The van der Waals surface area contributed by atoms with Crippen LogP contribution >= 0.6 is 11.6 Å². The molecule has 0 aliphatic heterocycles. The second-order valence-electron chi connectivity index (χ2n) is 5.69. The van der Waals surface area contributed by atoms with E-state index in [-0.39, 0.29) is 15.6 Å². The molecule has 3 rings (SSSR count). The Bertz CT molecular complexity index is 1030. The lowest BCUT2D eigenvalue weighted by atomic mass is 10.3. The molecule has 0 aliphatic carbocycles. The van der Waals surface area contributed by atoms with Gasteiger partial charge >= 0.3 is 0 Å². The highest BCUT2D eigenvalue weighted by Crippen LogP contribution is 2.30. The smallest absolute Gasteiger partial charge is 0.264 e. The molecule has 0 bridgehead atoms. The summed E-state index contributed by atoms with van der Waals surface area (Å²) in [6.45, 7) is -0.407. The van der Waals surface area contributed by atoms with Gasteiger partial charge in [-0.05, 0) is 36.4 Å². The third kappa shape index (κ3) is 4.48. The van der Waals surface area contributed by atoms with Crippen molar-refractivity contribution in [2.24, 2.45) is 0 Å². The van der Waals surface area contributed by atoms with Gasteiger partial charge in [0, 0.05) is 5.69 Å². The van der Waals surface area contributed by atoms with Crippen molar-refractivity contribution in [1.82, 2.24) is 0 Å². The molecule has 0 spiro atoms. The number of nitrogens with zero attached hydrogens (tertiary/aromatic N) is 1. The van der Waals surface area contributed by atoms with Crippen LogP contribution in [0.15, 0.2) is 89.8 Å². The highest BCUT2D eigenvalue weighted by Gasteiger charge is 2.28. The standard InChI is InChI=1S/C20H17ClN2O3S/c21-18-13-7-8-14-19(18)23(27(25,26)17-11-5-2-6-12-17)15-20(24)22-16-9-3-1-4-10-16/h1-14H,15H2,(H,22,24). The van der Waals surface area contributed by atoms with E-state index in [2.05, 4.69) is 5.32 Å². The van der Waals surface area contributed by atoms with E-state index in [4.69, 9.17) is 11.6 Å². The number of para-hydroxylation sites is 2. The molecule has 0 unspecified atom stereocenters. The first-order chi connectivity index (χ1) is 13.0. The molecule has 0 saturated heterocycles.